The number of carbonyl (C=O) groups is 1. The first-order valence-corrected chi connectivity index (χ1v) is 8.49. The standard InChI is InChI=1S/C16H18N6OS/c1-11(2)8-14-19-20-16(24-14)17-15(23)13-10-22(21-18-13)9-12-6-4-3-5-7-12/h3-7,10-11H,8-9H2,1-2H3,(H,17,20,23). The van der Waals surface area contributed by atoms with Gasteiger partial charge in [-0.25, -0.2) is 4.68 Å². The van der Waals surface area contributed by atoms with Crippen LogP contribution in [0.3, 0.4) is 0 Å². The van der Waals surface area contributed by atoms with Crippen LogP contribution in [0.2, 0.25) is 0 Å². The molecular formula is C16H18N6OS. The van der Waals surface area contributed by atoms with Crippen LogP contribution in [0.1, 0.15) is 34.9 Å². The van der Waals surface area contributed by atoms with Gasteiger partial charge in [0.2, 0.25) is 5.13 Å². The second kappa shape index (κ2) is 7.31. The fourth-order valence-electron chi connectivity index (χ4n) is 2.15. The van der Waals surface area contributed by atoms with Gasteiger partial charge in [0.15, 0.2) is 5.69 Å². The molecule has 0 spiro atoms. The molecule has 0 bridgehead atoms. The zero-order chi connectivity index (χ0) is 16.9. The molecule has 8 heteroatoms. The Kier molecular flexibility index (Phi) is 4.95. The van der Waals surface area contributed by atoms with Gasteiger partial charge in [-0.3, -0.25) is 10.1 Å². The van der Waals surface area contributed by atoms with Gasteiger partial charge in [0.05, 0.1) is 12.7 Å². The fourth-order valence-corrected chi connectivity index (χ4v) is 3.09. The highest BCUT2D eigenvalue weighted by molar-refractivity contribution is 7.15. The molecule has 1 N–H and O–H groups in total. The van der Waals surface area contributed by atoms with Crippen molar-refractivity contribution in [3.8, 4) is 0 Å². The average Bonchev–Trinajstić information content (AvgIpc) is 3.17. The molecular weight excluding hydrogens is 324 g/mol. The number of carbonyl (C=O) groups excluding carboxylic acids is 1. The molecule has 24 heavy (non-hydrogen) atoms. The summed E-state index contributed by atoms with van der Waals surface area (Å²) in [5.41, 5.74) is 1.35. The van der Waals surface area contributed by atoms with E-state index in [-0.39, 0.29) is 11.6 Å². The van der Waals surface area contributed by atoms with Crippen molar-refractivity contribution < 1.29 is 4.79 Å². The first-order valence-electron chi connectivity index (χ1n) is 7.68. The lowest BCUT2D eigenvalue weighted by atomic mass is 10.1. The minimum Gasteiger partial charge on any atom is -0.295 e. The Bertz CT molecular complexity index is 811. The fraction of sp³-hybridized carbons (Fsp3) is 0.312. The smallest absolute Gasteiger partial charge is 0.279 e. The Morgan fingerprint density at radius 1 is 1.21 bits per heavy atom. The molecule has 2 heterocycles. The number of rotatable bonds is 6. The molecule has 0 fully saturated rings. The number of hydrogen-bond acceptors (Lipinski definition) is 6. The molecule has 0 saturated heterocycles. The SMILES string of the molecule is CC(C)Cc1nnc(NC(=O)c2cn(Cc3ccccc3)nn2)s1. The third-order valence-corrected chi connectivity index (χ3v) is 4.09. The number of hydrogen-bond donors (Lipinski definition) is 1. The summed E-state index contributed by atoms with van der Waals surface area (Å²) in [6.07, 6.45) is 2.47. The van der Waals surface area contributed by atoms with Crippen molar-refractivity contribution in [2.24, 2.45) is 5.92 Å². The van der Waals surface area contributed by atoms with Crippen LogP contribution in [0, 0.1) is 5.92 Å². The lowest BCUT2D eigenvalue weighted by molar-refractivity contribution is 0.102. The van der Waals surface area contributed by atoms with E-state index in [9.17, 15) is 4.79 Å². The van der Waals surface area contributed by atoms with Gasteiger partial charge in [-0.15, -0.1) is 15.3 Å². The molecule has 0 saturated carbocycles. The van der Waals surface area contributed by atoms with E-state index >= 15 is 0 Å². The predicted molar refractivity (Wildman–Crippen MR) is 92.0 cm³/mol. The number of benzene rings is 1. The molecule has 1 amide bonds. The zero-order valence-corrected chi connectivity index (χ0v) is 14.3. The molecule has 2 aromatic heterocycles. The quantitative estimate of drug-likeness (QED) is 0.744. The summed E-state index contributed by atoms with van der Waals surface area (Å²) in [4.78, 5) is 12.2. The number of amides is 1. The van der Waals surface area contributed by atoms with E-state index in [1.807, 2.05) is 30.3 Å². The van der Waals surface area contributed by atoms with Gasteiger partial charge in [-0.05, 0) is 11.5 Å². The van der Waals surface area contributed by atoms with Gasteiger partial charge in [0.25, 0.3) is 5.91 Å². The van der Waals surface area contributed by atoms with E-state index in [0.29, 0.717) is 17.6 Å². The van der Waals surface area contributed by atoms with Gasteiger partial charge < -0.3 is 0 Å². The zero-order valence-electron chi connectivity index (χ0n) is 13.5. The largest absolute Gasteiger partial charge is 0.295 e. The Morgan fingerprint density at radius 3 is 2.75 bits per heavy atom. The van der Waals surface area contributed by atoms with Gasteiger partial charge in [0.1, 0.15) is 5.01 Å². The lowest BCUT2D eigenvalue weighted by Gasteiger charge is -1.99. The van der Waals surface area contributed by atoms with Crippen molar-refractivity contribution in [2.75, 3.05) is 5.32 Å². The van der Waals surface area contributed by atoms with Gasteiger partial charge in [-0.1, -0.05) is 60.7 Å². The summed E-state index contributed by atoms with van der Waals surface area (Å²) < 4.78 is 1.63. The van der Waals surface area contributed by atoms with Crippen LogP contribution in [-0.4, -0.2) is 31.1 Å². The van der Waals surface area contributed by atoms with Crippen LogP contribution in [0.15, 0.2) is 36.5 Å². The van der Waals surface area contributed by atoms with Crippen LogP contribution in [0.25, 0.3) is 0 Å². The number of nitrogens with zero attached hydrogens (tertiary/aromatic N) is 5. The molecule has 3 aromatic rings. The summed E-state index contributed by atoms with van der Waals surface area (Å²) in [6, 6.07) is 9.88. The number of anilines is 1. The molecule has 0 aliphatic rings. The Hall–Kier alpha value is -2.61. The average molecular weight is 342 g/mol. The van der Waals surface area contributed by atoms with Crippen molar-refractivity contribution in [3.63, 3.8) is 0 Å². The van der Waals surface area contributed by atoms with Crippen LogP contribution >= 0.6 is 11.3 Å². The Balaban J connectivity index is 1.62. The summed E-state index contributed by atoms with van der Waals surface area (Å²) in [7, 11) is 0. The van der Waals surface area contributed by atoms with Gasteiger partial charge in [-0.2, -0.15) is 0 Å². The van der Waals surface area contributed by atoms with E-state index in [1.54, 1.807) is 10.9 Å². The predicted octanol–water partition coefficient (Wildman–Crippen LogP) is 2.63. The number of aromatic nitrogens is 5. The van der Waals surface area contributed by atoms with Crippen LogP contribution in [0.4, 0.5) is 5.13 Å². The van der Waals surface area contributed by atoms with E-state index in [2.05, 4.69) is 39.7 Å². The topological polar surface area (TPSA) is 85.6 Å². The third-order valence-electron chi connectivity index (χ3n) is 3.23. The van der Waals surface area contributed by atoms with Crippen molar-refractivity contribution in [2.45, 2.75) is 26.8 Å². The van der Waals surface area contributed by atoms with Crippen LogP contribution < -0.4 is 5.32 Å². The first-order chi connectivity index (χ1) is 11.6. The first kappa shape index (κ1) is 16.3. The van der Waals surface area contributed by atoms with Crippen molar-refractivity contribution >= 4 is 22.4 Å². The minimum atomic E-state index is -0.332. The van der Waals surface area contributed by atoms with Gasteiger partial charge in [0, 0.05) is 6.42 Å². The maximum absolute atomic E-state index is 12.2. The Morgan fingerprint density at radius 2 is 2.00 bits per heavy atom. The Labute approximate surface area is 143 Å². The maximum atomic E-state index is 12.2. The van der Waals surface area contributed by atoms with Crippen LogP contribution in [-0.2, 0) is 13.0 Å². The lowest BCUT2D eigenvalue weighted by Crippen LogP contribution is -2.12. The monoisotopic (exact) mass is 342 g/mol. The highest BCUT2D eigenvalue weighted by Gasteiger charge is 2.14. The molecule has 1 aromatic carbocycles. The van der Waals surface area contributed by atoms with Gasteiger partial charge >= 0.3 is 0 Å². The summed E-state index contributed by atoms with van der Waals surface area (Å²) in [5.74, 6) is 0.168. The maximum Gasteiger partial charge on any atom is 0.279 e. The highest BCUT2D eigenvalue weighted by atomic mass is 32.1. The van der Waals surface area contributed by atoms with Crippen molar-refractivity contribution in [3.05, 3.63) is 52.8 Å². The second-order valence-electron chi connectivity index (χ2n) is 5.84. The second-order valence-corrected chi connectivity index (χ2v) is 6.90. The summed E-state index contributed by atoms with van der Waals surface area (Å²) in [5, 5.41) is 20.1. The molecule has 0 unspecified atom stereocenters. The third kappa shape index (κ3) is 4.23. The normalized spacial score (nSPS) is 11.0. The van der Waals surface area contributed by atoms with Crippen molar-refractivity contribution in [1.82, 2.24) is 25.2 Å². The highest BCUT2D eigenvalue weighted by Crippen LogP contribution is 2.18. The van der Waals surface area contributed by atoms with E-state index in [4.69, 9.17) is 0 Å². The molecule has 3 rings (SSSR count). The molecule has 0 aliphatic carbocycles. The van der Waals surface area contributed by atoms with Crippen molar-refractivity contribution in [1.29, 1.82) is 0 Å². The molecule has 0 atom stereocenters. The molecule has 124 valence electrons. The number of nitrogens with one attached hydrogen (secondary N) is 1. The molecule has 7 nitrogen and oxygen atoms in total. The van der Waals surface area contributed by atoms with E-state index in [0.717, 1.165) is 17.0 Å². The summed E-state index contributed by atoms with van der Waals surface area (Å²) in [6.45, 7) is 4.80. The minimum absolute atomic E-state index is 0.256. The molecule has 0 aliphatic heterocycles. The van der Waals surface area contributed by atoms with E-state index in [1.165, 1.54) is 11.3 Å². The van der Waals surface area contributed by atoms with E-state index < -0.39 is 0 Å². The van der Waals surface area contributed by atoms with Crippen LogP contribution in [0.5, 0.6) is 0 Å². The molecule has 0 radical (unpaired) electrons. The summed E-state index contributed by atoms with van der Waals surface area (Å²) >= 11 is 1.38.